The fourth-order valence-corrected chi connectivity index (χ4v) is 3.67. The summed E-state index contributed by atoms with van der Waals surface area (Å²) in [4.78, 5) is 19.5. The van der Waals surface area contributed by atoms with E-state index in [1.54, 1.807) is 17.2 Å². The fraction of sp³-hybridized carbons (Fsp3) is 0.400. The summed E-state index contributed by atoms with van der Waals surface area (Å²) in [6.07, 6.45) is 7.85. The zero-order chi connectivity index (χ0) is 17.1. The Labute approximate surface area is 147 Å². The zero-order valence-electron chi connectivity index (χ0n) is 14.2. The standard InChI is InChI=1S/C20H22N2O3/c23-20(16-9-6-10-17-19(16)25-14-24-17)22(18-11-4-5-12-21-18)13-15-7-2-1-3-8-15/h4-6,9-12,15H,1-3,7-8,13-14H2. The van der Waals surface area contributed by atoms with Crippen LogP contribution in [0.25, 0.3) is 0 Å². The number of aromatic nitrogens is 1. The van der Waals surface area contributed by atoms with Crippen molar-refractivity contribution in [3.63, 3.8) is 0 Å². The molecule has 25 heavy (non-hydrogen) atoms. The largest absolute Gasteiger partial charge is 0.454 e. The Kier molecular flexibility index (Phi) is 4.55. The summed E-state index contributed by atoms with van der Waals surface area (Å²) in [5.41, 5.74) is 0.538. The van der Waals surface area contributed by atoms with Crippen molar-refractivity contribution < 1.29 is 14.3 Å². The quantitative estimate of drug-likeness (QED) is 0.844. The van der Waals surface area contributed by atoms with Crippen molar-refractivity contribution >= 4 is 11.7 Å². The maximum absolute atomic E-state index is 13.3. The van der Waals surface area contributed by atoms with Crippen molar-refractivity contribution in [2.75, 3.05) is 18.2 Å². The highest BCUT2D eigenvalue weighted by Gasteiger charge is 2.28. The number of rotatable bonds is 4. The second-order valence-corrected chi connectivity index (χ2v) is 6.65. The minimum absolute atomic E-state index is 0.0772. The molecule has 1 aromatic carbocycles. The lowest BCUT2D eigenvalue weighted by Gasteiger charge is -2.29. The molecule has 0 unspecified atom stereocenters. The zero-order valence-corrected chi connectivity index (χ0v) is 14.2. The van der Waals surface area contributed by atoms with E-state index in [-0.39, 0.29) is 12.7 Å². The molecule has 0 radical (unpaired) electrons. The molecule has 1 aromatic heterocycles. The molecule has 0 atom stereocenters. The first kappa shape index (κ1) is 15.9. The molecular formula is C20H22N2O3. The van der Waals surface area contributed by atoms with E-state index in [2.05, 4.69) is 4.98 Å². The third kappa shape index (κ3) is 3.31. The van der Waals surface area contributed by atoms with Crippen molar-refractivity contribution in [1.29, 1.82) is 0 Å². The van der Waals surface area contributed by atoms with Gasteiger partial charge >= 0.3 is 0 Å². The van der Waals surface area contributed by atoms with Crippen LogP contribution in [0.2, 0.25) is 0 Å². The highest BCUT2D eigenvalue weighted by molar-refractivity contribution is 6.08. The first-order valence-electron chi connectivity index (χ1n) is 8.94. The normalized spacial score (nSPS) is 16.6. The first-order valence-corrected chi connectivity index (χ1v) is 8.94. The van der Waals surface area contributed by atoms with E-state index >= 15 is 0 Å². The Morgan fingerprint density at radius 2 is 1.96 bits per heavy atom. The van der Waals surface area contributed by atoms with Gasteiger partial charge in [-0.25, -0.2) is 4.98 Å². The monoisotopic (exact) mass is 338 g/mol. The molecule has 1 amide bonds. The summed E-state index contributed by atoms with van der Waals surface area (Å²) < 4.78 is 11.0. The van der Waals surface area contributed by atoms with Crippen LogP contribution in [-0.2, 0) is 0 Å². The van der Waals surface area contributed by atoms with Crippen LogP contribution in [0.3, 0.4) is 0 Å². The summed E-state index contributed by atoms with van der Waals surface area (Å²) in [5, 5.41) is 0. The molecular weight excluding hydrogens is 316 g/mol. The molecule has 0 bridgehead atoms. The van der Waals surface area contributed by atoms with Crippen molar-refractivity contribution in [2.24, 2.45) is 5.92 Å². The van der Waals surface area contributed by atoms with Crippen LogP contribution >= 0.6 is 0 Å². The Balaban J connectivity index is 1.65. The molecule has 2 aliphatic rings. The second-order valence-electron chi connectivity index (χ2n) is 6.65. The minimum Gasteiger partial charge on any atom is -0.454 e. The lowest BCUT2D eigenvalue weighted by molar-refractivity contribution is 0.0975. The number of carbonyl (C=O) groups excluding carboxylic acids is 1. The highest BCUT2D eigenvalue weighted by atomic mass is 16.7. The van der Waals surface area contributed by atoms with Crippen LogP contribution in [0.4, 0.5) is 5.82 Å². The van der Waals surface area contributed by atoms with Gasteiger partial charge in [-0.2, -0.15) is 0 Å². The number of anilines is 1. The Bertz CT molecular complexity index is 742. The summed E-state index contributed by atoms with van der Waals surface area (Å²) in [7, 11) is 0. The Hall–Kier alpha value is -2.56. The van der Waals surface area contributed by atoms with Gasteiger partial charge in [-0.3, -0.25) is 9.69 Å². The molecule has 2 aromatic rings. The molecule has 5 nitrogen and oxygen atoms in total. The van der Waals surface area contributed by atoms with E-state index in [0.29, 0.717) is 35.3 Å². The van der Waals surface area contributed by atoms with Crippen molar-refractivity contribution in [3.05, 3.63) is 48.2 Å². The average Bonchev–Trinajstić information content (AvgIpc) is 3.16. The van der Waals surface area contributed by atoms with Crippen LogP contribution in [0.5, 0.6) is 11.5 Å². The number of amides is 1. The number of nitrogens with zero attached hydrogens (tertiary/aromatic N) is 2. The molecule has 0 N–H and O–H groups in total. The van der Waals surface area contributed by atoms with E-state index in [0.717, 1.165) is 0 Å². The molecule has 1 fully saturated rings. The topological polar surface area (TPSA) is 51.7 Å². The first-order chi connectivity index (χ1) is 12.3. The number of hydrogen-bond acceptors (Lipinski definition) is 4. The third-order valence-corrected chi connectivity index (χ3v) is 4.96. The second kappa shape index (κ2) is 7.13. The van der Waals surface area contributed by atoms with Gasteiger partial charge in [0.15, 0.2) is 11.5 Å². The fourth-order valence-electron chi connectivity index (χ4n) is 3.67. The Morgan fingerprint density at radius 1 is 1.08 bits per heavy atom. The van der Waals surface area contributed by atoms with Crippen LogP contribution < -0.4 is 14.4 Å². The van der Waals surface area contributed by atoms with Gasteiger partial charge in [0.1, 0.15) is 5.82 Å². The smallest absolute Gasteiger partial charge is 0.263 e. The van der Waals surface area contributed by atoms with Crippen molar-refractivity contribution in [1.82, 2.24) is 4.98 Å². The van der Waals surface area contributed by atoms with Crippen LogP contribution in [-0.4, -0.2) is 24.2 Å². The van der Waals surface area contributed by atoms with E-state index in [4.69, 9.17) is 9.47 Å². The van der Waals surface area contributed by atoms with Gasteiger partial charge in [0, 0.05) is 12.7 Å². The van der Waals surface area contributed by atoms with E-state index < -0.39 is 0 Å². The summed E-state index contributed by atoms with van der Waals surface area (Å²) in [6.45, 7) is 0.853. The third-order valence-electron chi connectivity index (χ3n) is 4.96. The van der Waals surface area contributed by atoms with Crippen LogP contribution in [0.15, 0.2) is 42.6 Å². The van der Waals surface area contributed by atoms with E-state index in [1.165, 1.54) is 32.1 Å². The number of para-hydroxylation sites is 1. The van der Waals surface area contributed by atoms with Crippen LogP contribution in [0, 0.1) is 5.92 Å². The van der Waals surface area contributed by atoms with E-state index in [1.807, 2.05) is 30.3 Å². The molecule has 5 heteroatoms. The molecule has 1 saturated carbocycles. The summed E-state index contributed by atoms with van der Waals surface area (Å²) >= 11 is 0. The number of hydrogen-bond donors (Lipinski definition) is 0. The predicted octanol–water partition coefficient (Wildman–Crippen LogP) is 4.04. The van der Waals surface area contributed by atoms with Crippen molar-refractivity contribution in [3.8, 4) is 11.5 Å². The molecule has 130 valence electrons. The van der Waals surface area contributed by atoms with Gasteiger partial charge in [0.2, 0.25) is 6.79 Å². The van der Waals surface area contributed by atoms with E-state index in [9.17, 15) is 4.79 Å². The van der Waals surface area contributed by atoms with Gasteiger partial charge in [0.05, 0.1) is 5.56 Å². The summed E-state index contributed by atoms with van der Waals surface area (Å²) in [6, 6.07) is 11.1. The maximum Gasteiger partial charge on any atom is 0.263 e. The number of ether oxygens (including phenoxy) is 2. The van der Waals surface area contributed by atoms with Crippen molar-refractivity contribution in [2.45, 2.75) is 32.1 Å². The molecule has 0 saturated heterocycles. The molecule has 1 aliphatic heterocycles. The predicted molar refractivity (Wildman–Crippen MR) is 95.1 cm³/mol. The average molecular weight is 338 g/mol. The number of pyridine rings is 1. The highest BCUT2D eigenvalue weighted by Crippen LogP contribution is 2.37. The number of carbonyl (C=O) groups is 1. The summed E-state index contributed by atoms with van der Waals surface area (Å²) in [5.74, 6) is 2.30. The maximum atomic E-state index is 13.3. The molecule has 2 heterocycles. The van der Waals surface area contributed by atoms with Gasteiger partial charge in [-0.15, -0.1) is 0 Å². The van der Waals surface area contributed by atoms with Gasteiger partial charge in [-0.1, -0.05) is 31.4 Å². The molecule has 4 rings (SSSR count). The van der Waals surface area contributed by atoms with Crippen LogP contribution in [0.1, 0.15) is 42.5 Å². The number of benzene rings is 1. The number of fused-ring (bicyclic) bond motifs is 1. The van der Waals surface area contributed by atoms with Gasteiger partial charge in [-0.05, 0) is 43.0 Å². The SMILES string of the molecule is O=C(c1cccc2c1OCO2)N(CC1CCCCC1)c1ccccn1. The molecule has 1 aliphatic carbocycles. The Morgan fingerprint density at radius 3 is 2.76 bits per heavy atom. The molecule has 0 spiro atoms. The van der Waals surface area contributed by atoms with Gasteiger partial charge < -0.3 is 9.47 Å². The minimum atomic E-state index is -0.0772. The lowest BCUT2D eigenvalue weighted by Crippen LogP contribution is -2.36. The lowest BCUT2D eigenvalue weighted by atomic mass is 9.89. The van der Waals surface area contributed by atoms with Gasteiger partial charge in [0.25, 0.3) is 5.91 Å².